The second kappa shape index (κ2) is 9.07. The number of fused-ring (bicyclic) bond motifs is 1. The van der Waals surface area contributed by atoms with E-state index in [9.17, 15) is 0 Å². The molecule has 0 unspecified atom stereocenters. The van der Waals surface area contributed by atoms with Crippen LogP contribution in [0.5, 0.6) is 0 Å². The number of hydrogen-bond donors (Lipinski definition) is 1. The van der Waals surface area contributed by atoms with Crippen molar-refractivity contribution in [1.29, 1.82) is 0 Å². The zero-order valence-electron chi connectivity index (χ0n) is 8.59. The van der Waals surface area contributed by atoms with Crippen LogP contribution in [-0.4, -0.2) is 32.3 Å². The third-order valence-electron chi connectivity index (χ3n) is 1.92. The number of aliphatic hydroxyl groups is 1. The summed E-state index contributed by atoms with van der Waals surface area (Å²) >= 11 is 0. The Hall–Kier alpha value is 2.08. The number of aliphatic hydroxyl groups excluding tert-OH is 1. The van der Waals surface area contributed by atoms with E-state index in [0.717, 1.165) is 30.2 Å². The van der Waals surface area contributed by atoms with Gasteiger partial charge in [0.05, 0.1) is 12.3 Å². The van der Waals surface area contributed by atoms with Crippen LogP contribution in [0.15, 0.2) is 5.10 Å². The van der Waals surface area contributed by atoms with Crippen LogP contribution >= 0.6 is 0 Å². The van der Waals surface area contributed by atoms with Crippen molar-refractivity contribution in [2.75, 3.05) is 6.61 Å². The van der Waals surface area contributed by atoms with Crippen LogP contribution in [0.3, 0.4) is 0 Å². The predicted molar refractivity (Wildman–Crippen MR) is 43.0 cm³/mol. The van der Waals surface area contributed by atoms with E-state index < -0.39 is 0 Å². The summed E-state index contributed by atoms with van der Waals surface area (Å²) in [6.07, 6.45) is 1.61. The standard InChI is InChI=1S/C7H10N4O.3Y/c1-5-8-9-7-3-2-6(4-12)10-11(5)7;;;/h12H,2-4H2,1H3;;;. The summed E-state index contributed by atoms with van der Waals surface area (Å²) in [5, 5.41) is 20.9. The molecule has 0 aliphatic carbocycles. The first-order chi connectivity index (χ1) is 5.81. The summed E-state index contributed by atoms with van der Waals surface area (Å²) in [5.41, 5.74) is 0.797. The Morgan fingerprint density at radius 2 is 1.87 bits per heavy atom. The average molecular weight is 433 g/mol. The van der Waals surface area contributed by atoms with Gasteiger partial charge in [-0.15, -0.1) is 10.2 Å². The van der Waals surface area contributed by atoms with Gasteiger partial charge in [-0.25, -0.2) is 4.68 Å². The molecule has 0 bridgehead atoms. The second-order valence-electron chi connectivity index (χ2n) is 2.80. The van der Waals surface area contributed by atoms with Crippen molar-refractivity contribution in [3.63, 3.8) is 0 Å². The largest absolute Gasteiger partial charge is 0.390 e. The van der Waals surface area contributed by atoms with Gasteiger partial charge in [0.1, 0.15) is 0 Å². The van der Waals surface area contributed by atoms with Gasteiger partial charge in [0.2, 0.25) is 0 Å². The van der Waals surface area contributed by atoms with Gasteiger partial charge >= 0.3 is 0 Å². The molecule has 0 atom stereocenters. The van der Waals surface area contributed by atoms with E-state index in [1.165, 1.54) is 0 Å². The van der Waals surface area contributed by atoms with Crippen LogP contribution in [0.1, 0.15) is 18.1 Å². The molecule has 15 heavy (non-hydrogen) atoms. The fourth-order valence-corrected chi connectivity index (χ4v) is 1.25. The third-order valence-corrected chi connectivity index (χ3v) is 1.92. The zero-order chi connectivity index (χ0) is 8.55. The third kappa shape index (κ3) is 4.69. The molecule has 3 radical (unpaired) electrons. The molecule has 1 aromatic heterocycles. The van der Waals surface area contributed by atoms with Gasteiger partial charge in [0.25, 0.3) is 0 Å². The van der Waals surface area contributed by atoms with Gasteiger partial charge in [-0.3, -0.25) is 0 Å². The van der Waals surface area contributed by atoms with Gasteiger partial charge in [-0.2, -0.15) is 5.10 Å². The van der Waals surface area contributed by atoms with E-state index in [4.69, 9.17) is 5.11 Å². The molecule has 2 heterocycles. The number of aromatic nitrogens is 3. The van der Waals surface area contributed by atoms with Crippen molar-refractivity contribution in [2.24, 2.45) is 5.10 Å². The average Bonchev–Trinajstić information content (AvgIpc) is 2.47. The van der Waals surface area contributed by atoms with Crippen LogP contribution in [0, 0.1) is 6.92 Å². The Bertz CT molecular complexity index is 339. The van der Waals surface area contributed by atoms with Crippen LogP contribution < -0.4 is 0 Å². The minimum Gasteiger partial charge on any atom is -0.390 e. The molecule has 0 aromatic carbocycles. The molecule has 1 aliphatic heterocycles. The Morgan fingerprint density at radius 1 is 1.20 bits per heavy atom. The zero-order valence-corrected chi connectivity index (χ0v) is 17.1. The molecule has 0 fully saturated rings. The van der Waals surface area contributed by atoms with Crippen molar-refractivity contribution in [3.05, 3.63) is 11.6 Å². The minimum atomic E-state index is 0. The summed E-state index contributed by atoms with van der Waals surface area (Å²) < 4.78 is 1.69. The van der Waals surface area contributed by atoms with Crippen LogP contribution in [0.4, 0.5) is 0 Å². The normalized spacial score (nSPS) is 12.5. The quantitative estimate of drug-likeness (QED) is 0.664. The van der Waals surface area contributed by atoms with E-state index in [-0.39, 0.29) is 105 Å². The van der Waals surface area contributed by atoms with Gasteiger partial charge in [-0.1, -0.05) is 0 Å². The first kappa shape index (κ1) is 19.4. The Labute approximate surface area is 164 Å². The summed E-state index contributed by atoms with van der Waals surface area (Å²) in [4.78, 5) is 0. The number of hydrogen-bond acceptors (Lipinski definition) is 4. The molecule has 2 rings (SSSR count). The molecular weight excluding hydrogens is 423 g/mol. The van der Waals surface area contributed by atoms with E-state index in [0.29, 0.717) is 0 Å². The summed E-state index contributed by atoms with van der Waals surface area (Å²) in [5.74, 6) is 1.65. The fourth-order valence-electron chi connectivity index (χ4n) is 1.25. The van der Waals surface area contributed by atoms with E-state index >= 15 is 0 Å². The Kier molecular flexibility index (Phi) is 11.7. The fraction of sp³-hybridized carbons (Fsp3) is 0.571. The van der Waals surface area contributed by atoms with Gasteiger partial charge in [-0.05, 0) is 13.3 Å². The van der Waals surface area contributed by atoms with Gasteiger partial charge < -0.3 is 5.11 Å². The van der Waals surface area contributed by atoms with Crippen LogP contribution in [-0.2, 0) is 105 Å². The van der Waals surface area contributed by atoms with Crippen LogP contribution in [0.25, 0.3) is 0 Å². The van der Waals surface area contributed by atoms with Gasteiger partial charge in [0.15, 0.2) is 11.6 Å². The van der Waals surface area contributed by atoms with Crippen molar-refractivity contribution in [1.82, 2.24) is 14.9 Å². The maximum atomic E-state index is 8.86. The van der Waals surface area contributed by atoms with Gasteiger partial charge in [0, 0.05) is 105 Å². The van der Waals surface area contributed by atoms with E-state index in [1.807, 2.05) is 6.92 Å². The topological polar surface area (TPSA) is 63.3 Å². The molecule has 1 N–H and O–H groups in total. The summed E-state index contributed by atoms with van der Waals surface area (Å²) in [7, 11) is 0. The number of nitrogens with zero attached hydrogens (tertiary/aromatic N) is 4. The second-order valence-corrected chi connectivity index (χ2v) is 2.80. The minimum absolute atomic E-state index is 0. The summed E-state index contributed by atoms with van der Waals surface area (Å²) in [6.45, 7) is 1.87. The molecule has 1 aromatic rings. The first-order valence-corrected chi connectivity index (χ1v) is 3.89. The predicted octanol–water partition coefficient (Wildman–Crippen LogP) is -0.278. The Balaban J connectivity index is 0. The molecule has 8 heteroatoms. The molecule has 5 nitrogen and oxygen atoms in total. The number of aryl methyl sites for hydroxylation is 2. The molecular formula is C7H10N4OY3. The molecule has 73 valence electrons. The van der Waals surface area contributed by atoms with Crippen molar-refractivity contribution >= 4 is 5.71 Å². The molecule has 0 saturated carbocycles. The van der Waals surface area contributed by atoms with Crippen molar-refractivity contribution in [2.45, 2.75) is 19.8 Å². The summed E-state index contributed by atoms with van der Waals surface area (Å²) in [6, 6.07) is 0. The van der Waals surface area contributed by atoms with Crippen molar-refractivity contribution in [3.8, 4) is 0 Å². The van der Waals surface area contributed by atoms with E-state index in [1.54, 1.807) is 4.68 Å². The molecule has 0 spiro atoms. The first-order valence-electron chi connectivity index (χ1n) is 3.89. The molecule has 1 aliphatic rings. The van der Waals surface area contributed by atoms with Crippen molar-refractivity contribution < 1.29 is 103 Å². The van der Waals surface area contributed by atoms with Crippen LogP contribution in [0.2, 0.25) is 0 Å². The molecule has 0 saturated heterocycles. The Morgan fingerprint density at radius 3 is 2.47 bits per heavy atom. The SMILES string of the molecule is Cc1nnc2n1N=C(CO)CC2.[Y].[Y].[Y]. The maximum absolute atomic E-state index is 8.86. The molecule has 0 amide bonds. The monoisotopic (exact) mass is 433 g/mol. The number of rotatable bonds is 1. The van der Waals surface area contributed by atoms with E-state index in [2.05, 4.69) is 15.3 Å². The maximum Gasteiger partial charge on any atom is 0.154 e. The smallest absolute Gasteiger partial charge is 0.154 e.